The Morgan fingerprint density at radius 3 is 2.59 bits per heavy atom. The number of anilines is 1. The van der Waals surface area contributed by atoms with Gasteiger partial charge in [-0.3, -0.25) is 4.79 Å². The van der Waals surface area contributed by atoms with E-state index in [1.54, 1.807) is 26.0 Å². The molecule has 0 spiro atoms. The van der Waals surface area contributed by atoms with Crippen LogP contribution in [0.25, 0.3) is 0 Å². The fraction of sp³-hybridized carbons (Fsp3) is 0.500. The van der Waals surface area contributed by atoms with Gasteiger partial charge in [0.1, 0.15) is 6.33 Å². The van der Waals surface area contributed by atoms with E-state index < -0.39 is 0 Å². The number of amides is 1. The van der Waals surface area contributed by atoms with Gasteiger partial charge in [-0.2, -0.15) is 0 Å². The molecule has 0 aliphatic carbocycles. The van der Waals surface area contributed by atoms with Crippen LogP contribution in [0.4, 0.5) is 5.82 Å². The van der Waals surface area contributed by atoms with Gasteiger partial charge in [0.2, 0.25) is 5.91 Å². The lowest BCUT2D eigenvalue weighted by atomic mass is 10.4. The van der Waals surface area contributed by atoms with Gasteiger partial charge in [0, 0.05) is 21.1 Å². The molecule has 1 aromatic rings. The molecular formula is C10H15ClN4O2. The first-order valence-electron chi connectivity index (χ1n) is 4.93. The zero-order chi connectivity index (χ0) is 13.0. The minimum absolute atomic E-state index is 0.0377. The molecule has 0 N–H and O–H groups in total. The van der Waals surface area contributed by atoms with Crippen molar-refractivity contribution < 1.29 is 9.53 Å². The second-order valence-corrected chi connectivity index (χ2v) is 4.02. The third kappa shape index (κ3) is 3.20. The van der Waals surface area contributed by atoms with E-state index in [0.29, 0.717) is 11.6 Å². The minimum atomic E-state index is -0.0377. The molecule has 17 heavy (non-hydrogen) atoms. The summed E-state index contributed by atoms with van der Waals surface area (Å²) in [5, 5.41) is 0.224. The van der Waals surface area contributed by atoms with E-state index in [0.717, 1.165) is 0 Å². The molecule has 1 rings (SSSR count). The average Bonchev–Trinajstić information content (AvgIpc) is 2.28. The van der Waals surface area contributed by atoms with E-state index in [2.05, 4.69) is 9.97 Å². The molecule has 0 saturated heterocycles. The molecule has 0 bridgehead atoms. The molecule has 0 aromatic carbocycles. The number of hydrogen-bond donors (Lipinski definition) is 0. The van der Waals surface area contributed by atoms with Crippen LogP contribution >= 0.6 is 11.6 Å². The van der Waals surface area contributed by atoms with Gasteiger partial charge in [-0.15, -0.1) is 0 Å². The molecule has 0 unspecified atom stereocenters. The summed E-state index contributed by atoms with van der Waals surface area (Å²) in [6, 6.07) is 0. The largest absolute Gasteiger partial charge is 0.490 e. The van der Waals surface area contributed by atoms with Gasteiger partial charge >= 0.3 is 0 Å². The van der Waals surface area contributed by atoms with E-state index >= 15 is 0 Å². The predicted molar refractivity (Wildman–Crippen MR) is 65.6 cm³/mol. The molecule has 0 fully saturated rings. The van der Waals surface area contributed by atoms with Crippen molar-refractivity contribution in [1.82, 2.24) is 14.9 Å². The van der Waals surface area contributed by atoms with Crippen molar-refractivity contribution in [2.24, 2.45) is 0 Å². The van der Waals surface area contributed by atoms with Crippen molar-refractivity contribution in [3.8, 4) is 5.75 Å². The topological polar surface area (TPSA) is 58.6 Å². The van der Waals surface area contributed by atoms with Crippen molar-refractivity contribution in [2.75, 3.05) is 39.7 Å². The highest BCUT2D eigenvalue weighted by atomic mass is 35.5. The average molecular weight is 259 g/mol. The number of rotatable bonds is 4. The lowest BCUT2D eigenvalue weighted by Gasteiger charge is -2.21. The maximum atomic E-state index is 11.6. The van der Waals surface area contributed by atoms with Crippen molar-refractivity contribution in [3.63, 3.8) is 0 Å². The Labute approximate surface area is 105 Å². The molecule has 6 nitrogen and oxygen atoms in total. The molecule has 0 radical (unpaired) electrons. The van der Waals surface area contributed by atoms with E-state index in [1.807, 2.05) is 0 Å². The predicted octanol–water partition coefficient (Wildman–Crippen LogP) is 0.663. The number of likely N-dealkylation sites (N-methyl/N-ethyl adjacent to an activating group) is 2. The number of ether oxygens (including phenoxy) is 1. The first-order chi connectivity index (χ1) is 7.97. The van der Waals surface area contributed by atoms with Gasteiger partial charge in [0.05, 0.1) is 13.7 Å². The fourth-order valence-electron chi connectivity index (χ4n) is 1.21. The zero-order valence-corrected chi connectivity index (χ0v) is 11.0. The maximum Gasteiger partial charge on any atom is 0.241 e. The number of halogens is 1. The number of methoxy groups -OCH3 is 1. The molecule has 0 aliphatic heterocycles. The summed E-state index contributed by atoms with van der Waals surface area (Å²) < 4.78 is 5.12. The maximum absolute atomic E-state index is 11.6. The lowest BCUT2D eigenvalue weighted by molar-refractivity contribution is -0.127. The Morgan fingerprint density at radius 2 is 2.06 bits per heavy atom. The molecule has 7 heteroatoms. The monoisotopic (exact) mass is 258 g/mol. The van der Waals surface area contributed by atoms with Crippen LogP contribution in [0.2, 0.25) is 5.15 Å². The van der Waals surface area contributed by atoms with E-state index in [1.165, 1.54) is 18.3 Å². The zero-order valence-electron chi connectivity index (χ0n) is 10.3. The highest BCUT2D eigenvalue weighted by Gasteiger charge is 2.17. The van der Waals surface area contributed by atoms with Crippen molar-refractivity contribution >= 4 is 23.3 Å². The number of aromatic nitrogens is 2. The van der Waals surface area contributed by atoms with Gasteiger partial charge < -0.3 is 14.5 Å². The van der Waals surface area contributed by atoms with Crippen LogP contribution in [-0.4, -0.2) is 55.6 Å². The lowest BCUT2D eigenvalue weighted by Crippen LogP contribution is -2.34. The van der Waals surface area contributed by atoms with Crippen LogP contribution in [0.5, 0.6) is 5.75 Å². The quantitative estimate of drug-likeness (QED) is 0.743. The number of hydrogen-bond acceptors (Lipinski definition) is 5. The van der Waals surface area contributed by atoms with Crippen LogP contribution < -0.4 is 9.64 Å². The van der Waals surface area contributed by atoms with E-state index in [-0.39, 0.29) is 17.6 Å². The molecular weight excluding hydrogens is 244 g/mol. The summed E-state index contributed by atoms with van der Waals surface area (Å²) in [5.41, 5.74) is 0. The van der Waals surface area contributed by atoms with Crippen molar-refractivity contribution in [2.45, 2.75) is 0 Å². The van der Waals surface area contributed by atoms with Crippen molar-refractivity contribution in [1.29, 1.82) is 0 Å². The fourth-order valence-corrected chi connectivity index (χ4v) is 1.42. The van der Waals surface area contributed by atoms with E-state index in [4.69, 9.17) is 16.3 Å². The van der Waals surface area contributed by atoms with E-state index in [9.17, 15) is 4.79 Å². The normalized spacial score (nSPS) is 9.94. The number of nitrogens with zero attached hydrogens (tertiary/aromatic N) is 4. The summed E-state index contributed by atoms with van der Waals surface area (Å²) in [6.07, 6.45) is 1.33. The Bertz CT molecular complexity index is 411. The first kappa shape index (κ1) is 13.5. The minimum Gasteiger partial charge on any atom is -0.490 e. The van der Waals surface area contributed by atoms with Crippen LogP contribution in [0.3, 0.4) is 0 Å². The molecule has 1 aromatic heterocycles. The number of carbonyl (C=O) groups is 1. The van der Waals surface area contributed by atoms with Gasteiger partial charge in [-0.05, 0) is 0 Å². The summed E-state index contributed by atoms with van der Waals surface area (Å²) in [5.74, 6) is 0.815. The third-order valence-electron chi connectivity index (χ3n) is 2.18. The number of carbonyl (C=O) groups excluding carboxylic acids is 1. The summed E-state index contributed by atoms with van der Waals surface area (Å²) in [7, 11) is 6.61. The van der Waals surface area contributed by atoms with Crippen LogP contribution in [0, 0.1) is 0 Å². The van der Waals surface area contributed by atoms with Gasteiger partial charge in [0.25, 0.3) is 0 Å². The highest BCUT2D eigenvalue weighted by molar-refractivity contribution is 6.31. The van der Waals surface area contributed by atoms with Crippen LogP contribution in [-0.2, 0) is 4.79 Å². The Balaban J connectivity index is 2.92. The molecule has 1 amide bonds. The molecule has 94 valence electrons. The van der Waals surface area contributed by atoms with Crippen LogP contribution in [0.15, 0.2) is 6.33 Å². The van der Waals surface area contributed by atoms with Gasteiger partial charge in [0.15, 0.2) is 16.7 Å². The van der Waals surface area contributed by atoms with Gasteiger partial charge in [-0.1, -0.05) is 11.6 Å². The highest BCUT2D eigenvalue weighted by Crippen LogP contribution is 2.30. The van der Waals surface area contributed by atoms with Crippen molar-refractivity contribution in [3.05, 3.63) is 11.5 Å². The Hall–Kier alpha value is -1.56. The molecule has 1 heterocycles. The first-order valence-corrected chi connectivity index (χ1v) is 5.31. The summed E-state index contributed by atoms with van der Waals surface area (Å²) in [4.78, 5) is 22.6. The molecule has 0 aliphatic rings. The second kappa shape index (κ2) is 5.67. The summed E-state index contributed by atoms with van der Waals surface area (Å²) in [6.45, 7) is 0.191. The van der Waals surface area contributed by atoms with Gasteiger partial charge in [-0.25, -0.2) is 9.97 Å². The summed E-state index contributed by atoms with van der Waals surface area (Å²) >= 11 is 5.87. The smallest absolute Gasteiger partial charge is 0.241 e. The second-order valence-electron chi connectivity index (χ2n) is 3.67. The molecule has 0 saturated carbocycles. The standard InChI is InChI=1S/C10H15ClN4O2/c1-14(2)7(16)5-15(3)10-8(17-4)9(11)12-6-13-10/h6H,5H2,1-4H3. The Kier molecular flexibility index (Phi) is 4.51. The Morgan fingerprint density at radius 1 is 1.41 bits per heavy atom. The molecule has 0 atom stereocenters. The van der Waals surface area contributed by atoms with Crippen LogP contribution in [0.1, 0.15) is 0 Å². The third-order valence-corrected chi connectivity index (χ3v) is 2.45. The SMILES string of the molecule is COc1c(Cl)ncnc1N(C)CC(=O)N(C)C.